The van der Waals surface area contributed by atoms with Gasteiger partial charge < -0.3 is 9.80 Å². The summed E-state index contributed by atoms with van der Waals surface area (Å²) < 4.78 is 1.72. The first kappa shape index (κ1) is 25.3. The first-order valence-electron chi connectivity index (χ1n) is 11.3. The molecule has 176 valence electrons. The van der Waals surface area contributed by atoms with Gasteiger partial charge in [0.05, 0.1) is 16.6 Å². The molecule has 2 aromatic carbocycles. The van der Waals surface area contributed by atoms with Crippen LogP contribution in [0.15, 0.2) is 64.5 Å². The molecular weight excluding hydrogens is 456 g/mol. The van der Waals surface area contributed by atoms with E-state index in [2.05, 4.69) is 18.7 Å². The van der Waals surface area contributed by atoms with Gasteiger partial charge in [-0.15, -0.1) is 12.4 Å². The fourth-order valence-electron chi connectivity index (χ4n) is 4.19. The Hall–Kier alpha value is -2.35. The standard InChI is InChI=1S/C25H30N4O2S.ClH/c1-3-27(4-2)17-20(18-28-16-10-15-23(28)30)32-25-26-22-14-9-8-13-21(22)24(31)29(25)19-11-6-5-7-12-19;/h5-9,11-14,20H,3-4,10,15-18H2,1-2H3;1H. The summed E-state index contributed by atoms with van der Waals surface area (Å²) in [6, 6.07) is 17.2. The lowest BCUT2D eigenvalue weighted by atomic mass is 10.2. The van der Waals surface area contributed by atoms with E-state index in [0.29, 0.717) is 29.0 Å². The van der Waals surface area contributed by atoms with Gasteiger partial charge in [0.15, 0.2) is 5.16 Å². The number of aromatic nitrogens is 2. The van der Waals surface area contributed by atoms with Gasteiger partial charge in [0, 0.05) is 31.3 Å². The second kappa shape index (κ2) is 11.7. The summed E-state index contributed by atoms with van der Waals surface area (Å²) in [7, 11) is 0. The van der Waals surface area contributed by atoms with Gasteiger partial charge in [-0.3, -0.25) is 14.2 Å². The van der Waals surface area contributed by atoms with Gasteiger partial charge in [-0.25, -0.2) is 4.98 Å². The second-order valence-electron chi connectivity index (χ2n) is 8.06. The van der Waals surface area contributed by atoms with E-state index in [0.717, 1.165) is 38.3 Å². The van der Waals surface area contributed by atoms with E-state index >= 15 is 0 Å². The van der Waals surface area contributed by atoms with Crippen molar-refractivity contribution in [3.05, 3.63) is 65.0 Å². The van der Waals surface area contributed by atoms with Crippen molar-refractivity contribution in [1.29, 1.82) is 0 Å². The van der Waals surface area contributed by atoms with Crippen LogP contribution in [0.3, 0.4) is 0 Å². The minimum absolute atomic E-state index is 0. The lowest BCUT2D eigenvalue weighted by molar-refractivity contribution is -0.127. The van der Waals surface area contributed by atoms with Gasteiger partial charge in [-0.1, -0.05) is 55.9 Å². The van der Waals surface area contributed by atoms with Crippen LogP contribution in [0.2, 0.25) is 0 Å². The highest BCUT2D eigenvalue weighted by molar-refractivity contribution is 7.99. The first-order valence-corrected chi connectivity index (χ1v) is 12.2. The van der Waals surface area contributed by atoms with E-state index in [4.69, 9.17) is 4.98 Å². The molecule has 1 saturated heterocycles. The lowest BCUT2D eigenvalue weighted by Crippen LogP contribution is -2.39. The van der Waals surface area contributed by atoms with Gasteiger partial charge >= 0.3 is 0 Å². The van der Waals surface area contributed by atoms with E-state index in [9.17, 15) is 9.59 Å². The maximum absolute atomic E-state index is 13.5. The maximum atomic E-state index is 13.5. The Labute approximate surface area is 205 Å². The Bertz CT molecular complexity index is 1130. The molecule has 33 heavy (non-hydrogen) atoms. The number of carbonyl (C=O) groups excluding carboxylic acids is 1. The SMILES string of the molecule is CCN(CC)CC(CN1CCCC1=O)Sc1nc2ccccc2c(=O)n1-c1ccccc1.Cl. The largest absolute Gasteiger partial charge is 0.342 e. The fourth-order valence-corrected chi connectivity index (χ4v) is 5.47. The summed E-state index contributed by atoms with van der Waals surface area (Å²) in [4.78, 5) is 35.1. The van der Waals surface area contributed by atoms with Crippen molar-refractivity contribution < 1.29 is 4.79 Å². The molecule has 0 radical (unpaired) electrons. The molecule has 1 unspecified atom stereocenters. The summed E-state index contributed by atoms with van der Waals surface area (Å²) >= 11 is 1.60. The maximum Gasteiger partial charge on any atom is 0.266 e. The van der Waals surface area contributed by atoms with Crippen molar-refractivity contribution >= 4 is 41.0 Å². The lowest BCUT2D eigenvalue weighted by Gasteiger charge is -2.28. The van der Waals surface area contributed by atoms with Crippen molar-refractivity contribution in [1.82, 2.24) is 19.4 Å². The van der Waals surface area contributed by atoms with E-state index in [1.807, 2.05) is 59.5 Å². The molecule has 6 nitrogen and oxygen atoms in total. The predicted octanol–water partition coefficient (Wildman–Crippen LogP) is 4.23. The van der Waals surface area contributed by atoms with Crippen molar-refractivity contribution in [2.24, 2.45) is 0 Å². The molecule has 4 rings (SSSR count). The smallest absolute Gasteiger partial charge is 0.266 e. The van der Waals surface area contributed by atoms with Gasteiger partial charge in [0.2, 0.25) is 5.91 Å². The fraction of sp³-hybridized carbons (Fsp3) is 0.400. The molecule has 1 aromatic heterocycles. The quantitative estimate of drug-likeness (QED) is 0.334. The third-order valence-electron chi connectivity index (χ3n) is 5.98. The summed E-state index contributed by atoms with van der Waals surface area (Å²) in [5, 5.41) is 1.39. The molecule has 0 bridgehead atoms. The second-order valence-corrected chi connectivity index (χ2v) is 9.32. The average Bonchev–Trinajstić information content (AvgIpc) is 3.22. The van der Waals surface area contributed by atoms with Crippen LogP contribution in [0, 0.1) is 0 Å². The molecule has 1 amide bonds. The van der Waals surface area contributed by atoms with Crippen LogP contribution in [-0.2, 0) is 4.79 Å². The van der Waals surface area contributed by atoms with Crippen LogP contribution in [-0.4, -0.2) is 63.2 Å². The topological polar surface area (TPSA) is 58.4 Å². The van der Waals surface area contributed by atoms with Gasteiger partial charge in [-0.05, 0) is 43.8 Å². The Balaban J connectivity index is 0.00000306. The number of hydrogen-bond donors (Lipinski definition) is 0. The third-order valence-corrected chi connectivity index (χ3v) is 7.10. The van der Waals surface area contributed by atoms with Crippen LogP contribution in [0.25, 0.3) is 16.6 Å². The van der Waals surface area contributed by atoms with Crippen LogP contribution >= 0.6 is 24.2 Å². The molecule has 1 aliphatic rings. The Morgan fingerprint density at radius 3 is 2.39 bits per heavy atom. The number of rotatable bonds is 9. The highest BCUT2D eigenvalue weighted by Crippen LogP contribution is 2.27. The van der Waals surface area contributed by atoms with Gasteiger partial charge in [0.25, 0.3) is 5.56 Å². The molecule has 3 aromatic rings. The number of para-hydroxylation sites is 2. The molecule has 2 heterocycles. The number of likely N-dealkylation sites (tertiary alicyclic amines) is 1. The molecule has 0 aliphatic carbocycles. The van der Waals surface area contributed by atoms with Crippen LogP contribution in [0.4, 0.5) is 0 Å². The highest BCUT2D eigenvalue weighted by atomic mass is 35.5. The summed E-state index contributed by atoms with van der Waals surface area (Å²) in [6.07, 6.45) is 1.55. The average molecular weight is 487 g/mol. The highest BCUT2D eigenvalue weighted by Gasteiger charge is 2.26. The van der Waals surface area contributed by atoms with Crippen LogP contribution in [0.5, 0.6) is 0 Å². The zero-order valence-electron chi connectivity index (χ0n) is 19.1. The number of benzene rings is 2. The van der Waals surface area contributed by atoms with Crippen molar-refractivity contribution in [3.8, 4) is 5.69 Å². The minimum atomic E-state index is -0.0665. The molecule has 1 fully saturated rings. The molecule has 0 spiro atoms. The number of amides is 1. The van der Waals surface area contributed by atoms with E-state index in [1.165, 1.54) is 0 Å². The van der Waals surface area contributed by atoms with E-state index in [1.54, 1.807) is 16.3 Å². The summed E-state index contributed by atoms with van der Waals surface area (Å²) in [5.74, 6) is 0.224. The minimum Gasteiger partial charge on any atom is -0.342 e. The Kier molecular flexibility index (Phi) is 8.95. The molecule has 1 atom stereocenters. The summed E-state index contributed by atoms with van der Waals surface area (Å²) in [5.41, 5.74) is 1.44. The van der Waals surface area contributed by atoms with E-state index in [-0.39, 0.29) is 29.1 Å². The molecule has 8 heteroatoms. The monoisotopic (exact) mass is 486 g/mol. The number of thioether (sulfide) groups is 1. The molecule has 0 N–H and O–H groups in total. The third kappa shape index (κ3) is 5.78. The number of nitrogens with zero attached hydrogens (tertiary/aromatic N) is 4. The molecular formula is C25H31ClN4O2S. The molecule has 0 saturated carbocycles. The van der Waals surface area contributed by atoms with Crippen molar-refractivity contribution in [3.63, 3.8) is 0 Å². The summed E-state index contributed by atoms with van der Waals surface area (Å²) in [6.45, 7) is 8.50. The van der Waals surface area contributed by atoms with Gasteiger partial charge in [0.1, 0.15) is 0 Å². The van der Waals surface area contributed by atoms with Crippen molar-refractivity contribution in [2.45, 2.75) is 37.1 Å². The first-order chi connectivity index (χ1) is 15.6. The van der Waals surface area contributed by atoms with E-state index < -0.39 is 0 Å². The Morgan fingerprint density at radius 1 is 1.03 bits per heavy atom. The number of carbonyl (C=O) groups is 1. The van der Waals surface area contributed by atoms with Crippen LogP contribution < -0.4 is 5.56 Å². The number of halogens is 1. The zero-order valence-corrected chi connectivity index (χ0v) is 20.8. The number of fused-ring (bicyclic) bond motifs is 1. The van der Waals surface area contributed by atoms with Gasteiger partial charge in [-0.2, -0.15) is 0 Å². The van der Waals surface area contributed by atoms with Crippen LogP contribution in [0.1, 0.15) is 26.7 Å². The Morgan fingerprint density at radius 2 is 1.73 bits per heavy atom. The van der Waals surface area contributed by atoms with Crippen molar-refractivity contribution in [2.75, 3.05) is 32.7 Å². The normalized spacial score (nSPS) is 14.6. The zero-order chi connectivity index (χ0) is 22.5. The predicted molar refractivity (Wildman–Crippen MR) is 138 cm³/mol. The molecule has 1 aliphatic heterocycles. The number of hydrogen-bond acceptors (Lipinski definition) is 5.